The quantitative estimate of drug-likeness (QED) is 0.239. The minimum absolute atomic E-state index is 0.00409. The first-order valence-electron chi connectivity index (χ1n) is 11.5. The minimum atomic E-state index is -0.620. The van der Waals surface area contributed by atoms with Crippen LogP contribution in [0.1, 0.15) is 52.2 Å². The largest absolute Gasteiger partial charge is 0.486 e. The first-order valence-corrected chi connectivity index (χ1v) is 13.7. The molecule has 13 heteroatoms. The van der Waals surface area contributed by atoms with E-state index in [0.29, 0.717) is 33.9 Å². The van der Waals surface area contributed by atoms with Crippen molar-refractivity contribution < 1.29 is 28.6 Å². The first-order chi connectivity index (χ1) is 17.8. The lowest BCUT2D eigenvalue weighted by Crippen LogP contribution is -2.17. The molecule has 10 nitrogen and oxygen atoms in total. The number of nitrogens with one attached hydrogen (secondary N) is 1. The van der Waals surface area contributed by atoms with Gasteiger partial charge < -0.3 is 24.1 Å². The Morgan fingerprint density at radius 3 is 2.38 bits per heavy atom. The molecule has 2 aromatic heterocycles. The minimum Gasteiger partial charge on any atom is -0.486 e. The van der Waals surface area contributed by atoms with Gasteiger partial charge in [0, 0.05) is 11.6 Å². The molecule has 0 fully saturated rings. The van der Waals surface area contributed by atoms with Gasteiger partial charge in [0.1, 0.15) is 22.2 Å². The summed E-state index contributed by atoms with van der Waals surface area (Å²) >= 11 is 8.08. The van der Waals surface area contributed by atoms with Crippen LogP contribution in [-0.4, -0.2) is 51.6 Å². The van der Waals surface area contributed by atoms with Gasteiger partial charge in [0.25, 0.3) is 0 Å². The smallest absolute Gasteiger partial charge is 0.348 e. The normalized spacial score (nSPS) is 10.7. The van der Waals surface area contributed by atoms with Gasteiger partial charge in [0.05, 0.1) is 24.5 Å². The van der Waals surface area contributed by atoms with Gasteiger partial charge in [-0.3, -0.25) is 4.79 Å². The summed E-state index contributed by atoms with van der Waals surface area (Å²) in [5, 5.41) is 12.5. The number of amides is 1. The third kappa shape index (κ3) is 7.24. The molecule has 0 bridgehead atoms. The van der Waals surface area contributed by atoms with Gasteiger partial charge in [-0.1, -0.05) is 23.4 Å². The molecule has 1 N–H and O–H groups in total. The maximum Gasteiger partial charge on any atom is 0.348 e. The molecule has 3 aromatic rings. The maximum absolute atomic E-state index is 12.8. The molecular formula is C24H27ClN4O6S2. The Labute approximate surface area is 227 Å². The molecule has 1 aromatic carbocycles. The van der Waals surface area contributed by atoms with Gasteiger partial charge in [-0.2, -0.15) is 0 Å². The van der Waals surface area contributed by atoms with Crippen LogP contribution in [0.15, 0.2) is 29.4 Å². The average molecular weight is 567 g/mol. The highest BCUT2D eigenvalue weighted by Crippen LogP contribution is 2.34. The fourth-order valence-electron chi connectivity index (χ4n) is 3.26. The van der Waals surface area contributed by atoms with Crippen LogP contribution in [0.3, 0.4) is 0 Å². The SMILES string of the molecule is CCOC(=O)c1sc(NC(=O)CSc2nnc(COc3ccc(Cl)cc3)n2CC)c(C(=O)OCC)c1C. The molecular weight excluding hydrogens is 540 g/mol. The number of benzene rings is 1. The third-order valence-electron chi connectivity index (χ3n) is 4.96. The molecule has 37 heavy (non-hydrogen) atoms. The highest BCUT2D eigenvalue weighted by atomic mass is 35.5. The molecule has 0 aliphatic rings. The summed E-state index contributed by atoms with van der Waals surface area (Å²) in [6.45, 7) is 8.06. The van der Waals surface area contributed by atoms with E-state index in [4.69, 9.17) is 25.8 Å². The van der Waals surface area contributed by atoms with E-state index < -0.39 is 11.9 Å². The number of esters is 2. The van der Waals surface area contributed by atoms with Crippen molar-refractivity contribution in [2.24, 2.45) is 0 Å². The van der Waals surface area contributed by atoms with E-state index in [9.17, 15) is 14.4 Å². The zero-order chi connectivity index (χ0) is 26.9. The molecule has 0 radical (unpaired) electrons. The van der Waals surface area contributed by atoms with Crippen molar-refractivity contribution in [1.82, 2.24) is 14.8 Å². The molecule has 3 rings (SSSR count). The lowest BCUT2D eigenvalue weighted by molar-refractivity contribution is -0.113. The Kier molecular flexibility index (Phi) is 10.4. The third-order valence-corrected chi connectivity index (χ3v) is 7.37. The Hall–Kier alpha value is -3.09. The van der Waals surface area contributed by atoms with E-state index in [-0.39, 0.29) is 46.9 Å². The Morgan fingerprint density at radius 2 is 1.73 bits per heavy atom. The number of carbonyl (C=O) groups is 3. The van der Waals surface area contributed by atoms with Crippen molar-refractivity contribution in [3.8, 4) is 5.75 Å². The van der Waals surface area contributed by atoms with Gasteiger partial charge in [0.15, 0.2) is 11.0 Å². The Balaban J connectivity index is 1.68. The Morgan fingerprint density at radius 1 is 1.05 bits per heavy atom. The first kappa shape index (κ1) is 28.5. The molecule has 0 saturated heterocycles. The highest BCUT2D eigenvalue weighted by molar-refractivity contribution is 7.99. The number of ether oxygens (including phenoxy) is 3. The molecule has 0 spiro atoms. The number of halogens is 1. The van der Waals surface area contributed by atoms with Crippen LogP contribution in [0.4, 0.5) is 5.00 Å². The molecule has 0 atom stereocenters. The van der Waals surface area contributed by atoms with Crippen LogP contribution >= 0.6 is 34.7 Å². The van der Waals surface area contributed by atoms with Crippen molar-refractivity contribution in [3.63, 3.8) is 0 Å². The average Bonchev–Trinajstić information content (AvgIpc) is 3.42. The monoisotopic (exact) mass is 566 g/mol. The zero-order valence-corrected chi connectivity index (χ0v) is 23.2. The fraction of sp³-hybridized carbons (Fsp3) is 0.375. The number of thioether (sulfide) groups is 1. The van der Waals surface area contributed by atoms with Crippen LogP contribution in [-0.2, 0) is 27.4 Å². The number of nitrogens with zero attached hydrogens (tertiary/aromatic N) is 3. The van der Waals surface area contributed by atoms with Gasteiger partial charge in [-0.25, -0.2) is 9.59 Å². The molecule has 1 amide bonds. The van der Waals surface area contributed by atoms with Crippen LogP contribution in [0.25, 0.3) is 0 Å². The molecule has 0 unspecified atom stereocenters. The summed E-state index contributed by atoms with van der Waals surface area (Å²) in [5.74, 6) is -0.297. The summed E-state index contributed by atoms with van der Waals surface area (Å²) < 4.78 is 17.8. The van der Waals surface area contributed by atoms with Crippen molar-refractivity contribution in [3.05, 3.63) is 51.1 Å². The zero-order valence-electron chi connectivity index (χ0n) is 20.8. The van der Waals surface area contributed by atoms with E-state index in [1.807, 2.05) is 11.5 Å². The molecule has 0 aliphatic carbocycles. The Bertz CT molecular complexity index is 1260. The summed E-state index contributed by atoms with van der Waals surface area (Å²) in [6, 6.07) is 7.00. The predicted molar refractivity (Wildman–Crippen MR) is 142 cm³/mol. The number of thiophene rings is 1. The summed E-state index contributed by atoms with van der Waals surface area (Å²) in [4.78, 5) is 37.9. The number of anilines is 1. The molecule has 0 aliphatic heterocycles. The predicted octanol–water partition coefficient (Wildman–Crippen LogP) is 4.98. The number of aromatic nitrogens is 3. The fourth-order valence-corrected chi connectivity index (χ4v) is 5.32. The molecule has 198 valence electrons. The van der Waals surface area contributed by atoms with Crippen LogP contribution < -0.4 is 10.1 Å². The van der Waals surface area contributed by atoms with Gasteiger partial charge in [-0.05, 0) is 57.5 Å². The van der Waals surface area contributed by atoms with E-state index >= 15 is 0 Å². The van der Waals surface area contributed by atoms with Crippen molar-refractivity contribution in [1.29, 1.82) is 0 Å². The number of hydrogen-bond acceptors (Lipinski definition) is 10. The number of hydrogen-bond donors (Lipinski definition) is 1. The standard InChI is InChI=1S/C24H27ClN4O6S2/c1-5-29-17(12-35-16-10-8-15(25)9-11-16)27-28-24(29)36-13-18(30)26-21-19(22(31)33-6-2)14(4)20(37-21)23(32)34-7-3/h8-11H,5-7,12-13H2,1-4H3,(H,26,30). The van der Waals surface area contributed by atoms with Gasteiger partial charge in [-0.15, -0.1) is 21.5 Å². The topological polar surface area (TPSA) is 122 Å². The van der Waals surface area contributed by atoms with Gasteiger partial charge >= 0.3 is 11.9 Å². The van der Waals surface area contributed by atoms with Crippen LogP contribution in [0.2, 0.25) is 5.02 Å². The second-order valence-corrected chi connectivity index (χ2v) is 9.82. The lowest BCUT2D eigenvalue weighted by Gasteiger charge is -2.09. The number of rotatable bonds is 12. The van der Waals surface area contributed by atoms with Crippen molar-refractivity contribution in [2.75, 3.05) is 24.3 Å². The second kappa shape index (κ2) is 13.5. The van der Waals surface area contributed by atoms with Gasteiger partial charge in [0.2, 0.25) is 5.91 Å². The van der Waals surface area contributed by atoms with E-state index in [2.05, 4.69) is 15.5 Å². The van der Waals surface area contributed by atoms with Crippen molar-refractivity contribution in [2.45, 2.75) is 46.0 Å². The number of carbonyl (C=O) groups excluding carboxylic acids is 3. The summed E-state index contributed by atoms with van der Waals surface area (Å²) in [5.41, 5.74) is 0.549. The summed E-state index contributed by atoms with van der Waals surface area (Å²) in [7, 11) is 0. The van der Waals surface area contributed by atoms with E-state index in [1.165, 1.54) is 11.8 Å². The van der Waals surface area contributed by atoms with E-state index in [0.717, 1.165) is 11.3 Å². The second-order valence-electron chi connectivity index (χ2n) is 7.42. The lowest BCUT2D eigenvalue weighted by atomic mass is 10.1. The highest BCUT2D eigenvalue weighted by Gasteiger charge is 2.27. The molecule has 2 heterocycles. The summed E-state index contributed by atoms with van der Waals surface area (Å²) in [6.07, 6.45) is 0. The van der Waals surface area contributed by atoms with Crippen molar-refractivity contribution >= 4 is 57.5 Å². The van der Waals surface area contributed by atoms with E-state index in [1.54, 1.807) is 45.0 Å². The molecule has 0 saturated carbocycles. The van der Waals surface area contributed by atoms with Crippen LogP contribution in [0.5, 0.6) is 5.75 Å². The maximum atomic E-state index is 12.8. The van der Waals surface area contributed by atoms with Crippen LogP contribution in [0, 0.1) is 6.92 Å².